The highest BCUT2D eigenvalue weighted by atomic mass is 16.5. The molecule has 2 rings (SSSR count). The Morgan fingerprint density at radius 1 is 1.47 bits per heavy atom. The molecule has 1 saturated heterocycles. The number of hydrogen-bond acceptors (Lipinski definition) is 4. The molecule has 5 heteroatoms. The van der Waals surface area contributed by atoms with Crippen LogP contribution in [0.15, 0.2) is 24.4 Å². The second-order valence-corrected chi connectivity index (χ2v) is 4.23. The highest BCUT2D eigenvalue weighted by Crippen LogP contribution is 2.16. The van der Waals surface area contributed by atoms with E-state index in [9.17, 15) is 4.79 Å². The first-order valence-corrected chi connectivity index (χ1v) is 5.82. The zero-order valence-electron chi connectivity index (χ0n) is 9.71. The minimum absolute atomic E-state index is 0.189. The molecule has 0 radical (unpaired) electrons. The summed E-state index contributed by atoms with van der Waals surface area (Å²) < 4.78 is 5.75. The predicted molar refractivity (Wildman–Crippen MR) is 63.5 cm³/mol. The summed E-state index contributed by atoms with van der Waals surface area (Å²) in [7, 11) is 0. The minimum Gasteiger partial charge on any atom is -0.474 e. The molecular weight excluding hydrogens is 218 g/mol. The highest BCUT2D eigenvalue weighted by molar-refractivity contribution is 5.75. The Hall–Kier alpha value is -1.62. The van der Waals surface area contributed by atoms with Crippen molar-refractivity contribution in [2.45, 2.75) is 18.9 Å². The molecule has 0 saturated carbocycles. The normalized spacial score (nSPS) is 17.9. The number of nitrogens with zero attached hydrogens (tertiary/aromatic N) is 2. The summed E-state index contributed by atoms with van der Waals surface area (Å²) in [5, 5.41) is 0. The van der Waals surface area contributed by atoms with Crippen LogP contribution >= 0.6 is 0 Å². The Bertz CT molecular complexity index is 361. The molecule has 5 nitrogen and oxygen atoms in total. The summed E-state index contributed by atoms with van der Waals surface area (Å²) in [6, 6.07) is 5.63. The van der Waals surface area contributed by atoms with Gasteiger partial charge < -0.3 is 10.5 Å². The number of rotatable bonds is 4. The topological polar surface area (TPSA) is 68.5 Å². The zero-order valence-corrected chi connectivity index (χ0v) is 9.71. The molecule has 1 aromatic heterocycles. The van der Waals surface area contributed by atoms with Crippen LogP contribution in [-0.4, -0.2) is 41.5 Å². The average Bonchev–Trinajstić information content (AvgIpc) is 2.32. The quantitative estimate of drug-likeness (QED) is 0.820. The number of piperidine rings is 1. The van der Waals surface area contributed by atoms with Crippen molar-refractivity contribution in [3.63, 3.8) is 0 Å². The van der Waals surface area contributed by atoms with Crippen LogP contribution in [0.25, 0.3) is 0 Å². The maximum atomic E-state index is 10.8. The van der Waals surface area contributed by atoms with Gasteiger partial charge in [0, 0.05) is 25.4 Å². The van der Waals surface area contributed by atoms with Gasteiger partial charge in [0.05, 0.1) is 6.54 Å². The lowest BCUT2D eigenvalue weighted by Gasteiger charge is -2.30. The number of aromatic nitrogens is 1. The Kier molecular flexibility index (Phi) is 3.93. The molecule has 17 heavy (non-hydrogen) atoms. The second-order valence-electron chi connectivity index (χ2n) is 4.23. The summed E-state index contributed by atoms with van der Waals surface area (Å²) in [6.45, 7) is 2.04. The van der Waals surface area contributed by atoms with Crippen molar-refractivity contribution in [1.29, 1.82) is 0 Å². The Labute approximate surface area is 101 Å². The molecule has 1 amide bonds. The average molecular weight is 235 g/mol. The fourth-order valence-corrected chi connectivity index (χ4v) is 1.99. The SMILES string of the molecule is NC(=O)CN1CCC(Oc2ccccn2)CC1. The standard InChI is InChI=1S/C12H17N3O2/c13-11(16)9-15-7-4-10(5-8-15)17-12-3-1-2-6-14-12/h1-3,6,10H,4-5,7-9H2,(H2,13,16). The third-order valence-electron chi connectivity index (χ3n) is 2.84. The predicted octanol–water partition coefficient (Wildman–Crippen LogP) is 0.410. The largest absolute Gasteiger partial charge is 0.474 e. The third-order valence-corrected chi connectivity index (χ3v) is 2.84. The van der Waals surface area contributed by atoms with Gasteiger partial charge in [0.15, 0.2) is 0 Å². The fraction of sp³-hybridized carbons (Fsp3) is 0.500. The third kappa shape index (κ3) is 3.71. The van der Waals surface area contributed by atoms with Crippen LogP contribution in [0.4, 0.5) is 0 Å². The first-order chi connectivity index (χ1) is 8.24. The highest BCUT2D eigenvalue weighted by Gasteiger charge is 2.21. The minimum atomic E-state index is -0.269. The van der Waals surface area contributed by atoms with Gasteiger partial charge in [-0.2, -0.15) is 0 Å². The van der Waals surface area contributed by atoms with E-state index in [0.29, 0.717) is 12.4 Å². The van der Waals surface area contributed by atoms with E-state index in [1.54, 1.807) is 6.20 Å². The van der Waals surface area contributed by atoms with Gasteiger partial charge in [-0.3, -0.25) is 9.69 Å². The maximum Gasteiger partial charge on any atom is 0.231 e. The van der Waals surface area contributed by atoms with Gasteiger partial charge in [-0.25, -0.2) is 4.98 Å². The molecule has 2 N–H and O–H groups in total. The lowest BCUT2D eigenvalue weighted by Crippen LogP contribution is -2.42. The zero-order chi connectivity index (χ0) is 12.1. The van der Waals surface area contributed by atoms with E-state index >= 15 is 0 Å². The molecule has 1 aliphatic rings. The summed E-state index contributed by atoms with van der Waals surface area (Å²) in [5.74, 6) is 0.398. The molecule has 1 aliphatic heterocycles. The van der Waals surface area contributed by atoms with Gasteiger partial charge in [0.25, 0.3) is 0 Å². The number of likely N-dealkylation sites (tertiary alicyclic amines) is 1. The summed E-state index contributed by atoms with van der Waals surface area (Å²) in [6.07, 6.45) is 3.72. The smallest absolute Gasteiger partial charge is 0.231 e. The number of hydrogen-bond donors (Lipinski definition) is 1. The van der Waals surface area contributed by atoms with Gasteiger partial charge in [0.2, 0.25) is 11.8 Å². The fourth-order valence-electron chi connectivity index (χ4n) is 1.99. The number of carbonyl (C=O) groups is 1. The first-order valence-electron chi connectivity index (χ1n) is 5.82. The van der Waals surface area contributed by atoms with Crippen LogP contribution in [-0.2, 0) is 4.79 Å². The summed E-state index contributed by atoms with van der Waals surface area (Å²) >= 11 is 0. The van der Waals surface area contributed by atoms with Crippen LogP contribution in [0.1, 0.15) is 12.8 Å². The Balaban J connectivity index is 1.78. The number of carbonyl (C=O) groups excluding carboxylic acids is 1. The van der Waals surface area contributed by atoms with Crippen LogP contribution < -0.4 is 10.5 Å². The molecule has 0 aromatic carbocycles. The van der Waals surface area contributed by atoms with Crippen LogP contribution in [0.5, 0.6) is 5.88 Å². The van der Waals surface area contributed by atoms with E-state index in [1.807, 2.05) is 18.2 Å². The van der Waals surface area contributed by atoms with E-state index < -0.39 is 0 Å². The van der Waals surface area contributed by atoms with Crippen molar-refractivity contribution in [1.82, 2.24) is 9.88 Å². The maximum absolute atomic E-state index is 10.8. The van der Waals surface area contributed by atoms with E-state index in [2.05, 4.69) is 9.88 Å². The van der Waals surface area contributed by atoms with Crippen molar-refractivity contribution < 1.29 is 9.53 Å². The number of pyridine rings is 1. The van der Waals surface area contributed by atoms with Gasteiger partial charge in [-0.1, -0.05) is 6.07 Å². The monoisotopic (exact) mass is 235 g/mol. The van der Waals surface area contributed by atoms with Gasteiger partial charge >= 0.3 is 0 Å². The van der Waals surface area contributed by atoms with Crippen molar-refractivity contribution in [3.8, 4) is 5.88 Å². The van der Waals surface area contributed by atoms with Crippen molar-refractivity contribution in [3.05, 3.63) is 24.4 Å². The van der Waals surface area contributed by atoms with Gasteiger partial charge in [-0.15, -0.1) is 0 Å². The summed E-state index contributed by atoms with van der Waals surface area (Å²) in [5.41, 5.74) is 5.16. The molecule has 0 bridgehead atoms. The molecule has 0 aliphatic carbocycles. The van der Waals surface area contributed by atoms with Gasteiger partial charge in [0.1, 0.15) is 6.10 Å². The van der Waals surface area contributed by atoms with Gasteiger partial charge in [-0.05, 0) is 18.9 Å². The second kappa shape index (κ2) is 5.63. The molecule has 1 fully saturated rings. The Morgan fingerprint density at radius 2 is 2.24 bits per heavy atom. The molecule has 0 atom stereocenters. The van der Waals surface area contributed by atoms with Crippen molar-refractivity contribution in [2.75, 3.05) is 19.6 Å². The number of primary amides is 1. The number of ether oxygens (including phenoxy) is 1. The van der Waals surface area contributed by atoms with Crippen LogP contribution in [0.2, 0.25) is 0 Å². The van der Waals surface area contributed by atoms with E-state index in [-0.39, 0.29) is 12.0 Å². The van der Waals surface area contributed by atoms with E-state index in [4.69, 9.17) is 10.5 Å². The molecular formula is C12H17N3O2. The van der Waals surface area contributed by atoms with Crippen molar-refractivity contribution >= 4 is 5.91 Å². The van der Waals surface area contributed by atoms with E-state index in [1.165, 1.54) is 0 Å². The Morgan fingerprint density at radius 3 is 2.82 bits per heavy atom. The molecule has 0 unspecified atom stereocenters. The molecule has 92 valence electrons. The molecule has 1 aromatic rings. The molecule has 0 spiro atoms. The lowest BCUT2D eigenvalue weighted by molar-refractivity contribution is -0.119. The lowest BCUT2D eigenvalue weighted by atomic mass is 10.1. The first kappa shape index (κ1) is 11.9. The number of amides is 1. The van der Waals surface area contributed by atoms with Crippen LogP contribution in [0, 0.1) is 0 Å². The molecule has 2 heterocycles. The van der Waals surface area contributed by atoms with Crippen molar-refractivity contribution in [2.24, 2.45) is 5.73 Å². The van der Waals surface area contributed by atoms with Crippen LogP contribution in [0.3, 0.4) is 0 Å². The van der Waals surface area contributed by atoms with E-state index in [0.717, 1.165) is 25.9 Å². The summed E-state index contributed by atoms with van der Waals surface area (Å²) in [4.78, 5) is 17.0. The number of nitrogens with two attached hydrogens (primary N) is 1.